The number of nitrogens with one attached hydrogen (secondary N) is 1. The van der Waals surface area contributed by atoms with Gasteiger partial charge in [0.2, 0.25) is 0 Å². The zero-order valence-corrected chi connectivity index (χ0v) is 10.8. The first-order chi connectivity index (χ1) is 9.02. The van der Waals surface area contributed by atoms with E-state index in [4.69, 9.17) is 0 Å². The van der Waals surface area contributed by atoms with Crippen molar-refractivity contribution in [2.45, 2.75) is 44.9 Å². The minimum Gasteiger partial charge on any atom is -0.395 e. The lowest BCUT2D eigenvalue weighted by molar-refractivity contribution is -0.286. The highest BCUT2D eigenvalue weighted by molar-refractivity contribution is 5.56. The van der Waals surface area contributed by atoms with Crippen LogP contribution < -0.4 is 14.8 Å². The first kappa shape index (κ1) is 12.5. The van der Waals surface area contributed by atoms with Crippen LogP contribution in [0.5, 0.6) is 11.5 Å². The van der Waals surface area contributed by atoms with Crippen molar-refractivity contribution in [2.24, 2.45) is 5.92 Å². The summed E-state index contributed by atoms with van der Waals surface area (Å²) in [5.74, 6) is 0.973. The third kappa shape index (κ3) is 2.74. The van der Waals surface area contributed by atoms with Crippen LogP contribution in [0.4, 0.5) is 14.5 Å². The Kier molecular flexibility index (Phi) is 2.99. The first-order valence-electron chi connectivity index (χ1n) is 6.68. The summed E-state index contributed by atoms with van der Waals surface area (Å²) in [6.45, 7) is 2.26. The average Bonchev–Trinajstić information content (AvgIpc) is 2.65. The molecule has 2 aliphatic rings. The molecular formula is C14H17F2NO2. The van der Waals surface area contributed by atoms with Gasteiger partial charge < -0.3 is 14.8 Å². The second-order valence-electron chi connectivity index (χ2n) is 5.43. The minimum absolute atomic E-state index is 0.0906. The second kappa shape index (κ2) is 4.54. The largest absolute Gasteiger partial charge is 0.586 e. The molecule has 1 aliphatic heterocycles. The molecule has 0 saturated heterocycles. The van der Waals surface area contributed by atoms with Crippen molar-refractivity contribution >= 4 is 5.69 Å². The van der Waals surface area contributed by atoms with Crippen LogP contribution in [0, 0.1) is 5.92 Å². The van der Waals surface area contributed by atoms with Gasteiger partial charge in [0.15, 0.2) is 11.5 Å². The highest BCUT2D eigenvalue weighted by Crippen LogP contribution is 2.42. The molecule has 0 atom stereocenters. The van der Waals surface area contributed by atoms with E-state index in [2.05, 4.69) is 21.7 Å². The van der Waals surface area contributed by atoms with Crippen LogP contribution in [0.25, 0.3) is 0 Å². The van der Waals surface area contributed by atoms with Gasteiger partial charge in [-0.25, -0.2) is 0 Å². The lowest BCUT2D eigenvalue weighted by atomic mass is 9.87. The van der Waals surface area contributed by atoms with E-state index in [1.54, 1.807) is 12.1 Å². The molecule has 1 heterocycles. The third-order valence-corrected chi connectivity index (χ3v) is 3.79. The number of rotatable bonds is 2. The molecule has 0 spiro atoms. The predicted octanol–water partition coefficient (Wildman–Crippen LogP) is 4.00. The number of ether oxygens (including phenoxy) is 2. The van der Waals surface area contributed by atoms with E-state index in [9.17, 15) is 8.78 Å². The van der Waals surface area contributed by atoms with E-state index in [1.807, 2.05) is 0 Å². The topological polar surface area (TPSA) is 30.5 Å². The zero-order valence-electron chi connectivity index (χ0n) is 10.8. The molecule has 0 amide bonds. The SMILES string of the molecule is CC1CCC(Nc2ccc3c(c2)OC(F)(F)O3)CC1. The smallest absolute Gasteiger partial charge is 0.395 e. The number of hydrogen-bond acceptors (Lipinski definition) is 3. The van der Waals surface area contributed by atoms with E-state index in [-0.39, 0.29) is 11.5 Å². The van der Waals surface area contributed by atoms with Gasteiger partial charge in [0.1, 0.15) is 0 Å². The van der Waals surface area contributed by atoms with Crippen molar-refractivity contribution in [2.75, 3.05) is 5.32 Å². The van der Waals surface area contributed by atoms with Crippen molar-refractivity contribution in [1.29, 1.82) is 0 Å². The Bertz CT molecular complexity index is 471. The quantitative estimate of drug-likeness (QED) is 0.880. The first-order valence-corrected chi connectivity index (χ1v) is 6.68. The van der Waals surface area contributed by atoms with Crippen molar-refractivity contribution in [3.8, 4) is 11.5 Å². The maximum Gasteiger partial charge on any atom is 0.586 e. The monoisotopic (exact) mass is 269 g/mol. The number of alkyl halides is 2. The van der Waals surface area contributed by atoms with Crippen molar-refractivity contribution < 1.29 is 18.3 Å². The van der Waals surface area contributed by atoms with Crippen LogP contribution >= 0.6 is 0 Å². The molecule has 1 aromatic carbocycles. The van der Waals surface area contributed by atoms with E-state index in [0.29, 0.717) is 6.04 Å². The fourth-order valence-electron chi connectivity index (χ4n) is 2.68. The molecule has 0 aromatic heterocycles. The molecule has 3 rings (SSSR count). The van der Waals surface area contributed by atoms with Crippen molar-refractivity contribution in [1.82, 2.24) is 0 Å². The fourth-order valence-corrected chi connectivity index (χ4v) is 2.68. The fraction of sp³-hybridized carbons (Fsp3) is 0.571. The summed E-state index contributed by atoms with van der Waals surface area (Å²) in [5.41, 5.74) is 0.805. The molecular weight excluding hydrogens is 252 g/mol. The summed E-state index contributed by atoms with van der Waals surface area (Å²) in [6, 6.07) is 5.26. The Hall–Kier alpha value is -1.52. The maximum absolute atomic E-state index is 12.9. The van der Waals surface area contributed by atoms with Gasteiger partial charge in [0.05, 0.1) is 0 Å². The molecule has 0 bridgehead atoms. The Morgan fingerprint density at radius 2 is 1.79 bits per heavy atom. The van der Waals surface area contributed by atoms with Gasteiger partial charge in [0, 0.05) is 17.8 Å². The Balaban J connectivity index is 1.67. The summed E-state index contributed by atoms with van der Waals surface area (Å²) in [4.78, 5) is 0. The lowest BCUT2D eigenvalue weighted by Crippen LogP contribution is -2.26. The lowest BCUT2D eigenvalue weighted by Gasteiger charge is -2.27. The maximum atomic E-state index is 12.9. The van der Waals surface area contributed by atoms with Gasteiger partial charge in [-0.3, -0.25) is 0 Å². The molecule has 0 unspecified atom stereocenters. The molecule has 1 fully saturated rings. The Morgan fingerprint density at radius 3 is 2.53 bits per heavy atom. The van der Waals surface area contributed by atoms with Crippen molar-refractivity contribution in [3.63, 3.8) is 0 Å². The molecule has 1 aromatic rings. The second-order valence-corrected chi connectivity index (χ2v) is 5.43. The summed E-state index contributed by atoms with van der Waals surface area (Å²) in [6.07, 6.45) is 1.11. The average molecular weight is 269 g/mol. The molecule has 104 valence electrons. The summed E-state index contributed by atoms with van der Waals surface area (Å²) in [7, 11) is 0. The number of fused-ring (bicyclic) bond motifs is 1. The highest BCUT2D eigenvalue weighted by Gasteiger charge is 2.43. The number of halogens is 2. The summed E-state index contributed by atoms with van der Waals surface area (Å²) in [5, 5.41) is 3.38. The number of hydrogen-bond donors (Lipinski definition) is 1. The van der Waals surface area contributed by atoms with Crippen LogP contribution in [-0.4, -0.2) is 12.3 Å². The van der Waals surface area contributed by atoms with E-state index in [0.717, 1.165) is 24.4 Å². The van der Waals surface area contributed by atoms with Crippen LogP contribution in [0.3, 0.4) is 0 Å². The van der Waals surface area contributed by atoms with Gasteiger partial charge >= 0.3 is 6.29 Å². The minimum atomic E-state index is -3.54. The molecule has 5 heteroatoms. The molecule has 0 radical (unpaired) electrons. The van der Waals surface area contributed by atoms with Crippen LogP contribution in [0.1, 0.15) is 32.6 Å². The summed E-state index contributed by atoms with van der Waals surface area (Å²) < 4.78 is 34.6. The van der Waals surface area contributed by atoms with Gasteiger partial charge in [-0.2, -0.15) is 0 Å². The van der Waals surface area contributed by atoms with Crippen molar-refractivity contribution in [3.05, 3.63) is 18.2 Å². The van der Waals surface area contributed by atoms with E-state index < -0.39 is 6.29 Å². The molecule has 1 N–H and O–H groups in total. The van der Waals surface area contributed by atoms with Crippen LogP contribution in [0.2, 0.25) is 0 Å². The molecule has 1 aliphatic carbocycles. The van der Waals surface area contributed by atoms with Gasteiger partial charge in [0.25, 0.3) is 0 Å². The normalized spacial score (nSPS) is 28.2. The number of anilines is 1. The van der Waals surface area contributed by atoms with E-state index in [1.165, 1.54) is 18.9 Å². The highest BCUT2D eigenvalue weighted by atomic mass is 19.3. The Morgan fingerprint density at radius 1 is 1.11 bits per heavy atom. The van der Waals surface area contributed by atoms with Gasteiger partial charge in [-0.15, -0.1) is 8.78 Å². The van der Waals surface area contributed by atoms with Crippen LogP contribution in [-0.2, 0) is 0 Å². The van der Waals surface area contributed by atoms with E-state index >= 15 is 0 Å². The van der Waals surface area contributed by atoms with Crippen LogP contribution in [0.15, 0.2) is 18.2 Å². The molecule has 1 saturated carbocycles. The zero-order chi connectivity index (χ0) is 13.5. The van der Waals surface area contributed by atoms with Gasteiger partial charge in [-0.05, 0) is 43.7 Å². The third-order valence-electron chi connectivity index (χ3n) is 3.79. The predicted molar refractivity (Wildman–Crippen MR) is 67.7 cm³/mol. The van der Waals surface area contributed by atoms with Gasteiger partial charge in [-0.1, -0.05) is 6.92 Å². The summed E-state index contributed by atoms with van der Waals surface area (Å²) >= 11 is 0. The Labute approximate surface area is 110 Å². The molecule has 19 heavy (non-hydrogen) atoms. The standard InChI is InChI=1S/C14H17F2NO2/c1-9-2-4-10(5-3-9)17-11-6-7-12-13(8-11)19-14(15,16)18-12/h6-10,17H,2-5H2,1H3. The molecule has 3 nitrogen and oxygen atoms in total. The number of benzene rings is 1.